The van der Waals surface area contributed by atoms with E-state index in [0.717, 1.165) is 23.9 Å². The van der Waals surface area contributed by atoms with E-state index in [1.165, 1.54) is 6.07 Å². The SMILES string of the molecule is CSC1=NCN(Cc2cccc(F)c2)CN1. The van der Waals surface area contributed by atoms with Crippen LogP contribution in [0.15, 0.2) is 29.3 Å². The summed E-state index contributed by atoms with van der Waals surface area (Å²) in [5.41, 5.74) is 0.976. The molecule has 1 heterocycles. The minimum absolute atomic E-state index is 0.184. The highest BCUT2D eigenvalue weighted by atomic mass is 32.2. The summed E-state index contributed by atoms with van der Waals surface area (Å²) in [5.74, 6) is -0.184. The fraction of sp³-hybridized carbons (Fsp3) is 0.364. The van der Waals surface area contributed by atoms with Gasteiger partial charge in [0.05, 0.1) is 13.3 Å². The lowest BCUT2D eigenvalue weighted by molar-refractivity contribution is 0.258. The minimum Gasteiger partial charge on any atom is -0.352 e. The molecule has 16 heavy (non-hydrogen) atoms. The number of thioether (sulfide) groups is 1. The van der Waals surface area contributed by atoms with E-state index in [0.29, 0.717) is 6.67 Å². The molecule has 1 aromatic carbocycles. The number of benzene rings is 1. The molecule has 0 atom stereocenters. The maximum Gasteiger partial charge on any atom is 0.158 e. The summed E-state index contributed by atoms with van der Waals surface area (Å²) >= 11 is 1.61. The molecule has 1 aliphatic heterocycles. The molecule has 5 heteroatoms. The van der Waals surface area contributed by atoms with E-state index in [-0.39, 0.29) is 5.82 Å². The molecule has 0 aromatic heterocycles. The van der Waals surface area contributed by atoms with Crippen molar-refractivity contribution in [2.24, 2.45) is 4.99 Å². The second kappa shape index (κ2) is 5.32. The zero-order valence-corrected chi connectivity index (χ0v) is 9.93. The Bertz CT molecular complexity index is 395. The number of hydrogen-bond acceptors (Lipinski definition) is 4. The largest absolute Gasteiger partial charge is 0.352 e. The predicted molar refractivity (Wildman–Crippen MR) is 65.8 cm³/mol. The van der Waals surface area contributed by atoms with Crippen LogP contribution in [0.3, 0.4) is 0 Å². The average Bonchev–Trinajstić information content (AvgIpc) is 2.30. The van der Waals surface area contributed by atoms with E-state index in [1.807, 2.05) is 12.3 Å². The first-order chi connectivity index (χ1) is 7.78. The third-order valence-electron chi connectivity index (χ3n) is 2.36. The maximum atomic E-state index is 13.0. The molecule has 2 rings (SSSR count). The summed E-state index contributed by atoms with van der Waals surface area (Å²) in [6, 6.07) is 6.69. The molecule has 0 amide bonds. The Morgan fingerprint density at radius 3 is 3.06 bits per heavy atom. The third-order valence-corrected chi connectivity index (χ3v) is 3.02. The Balaban J connectivity index is 1.94. The van der Waals surface area contributed by atoms with E-state index < -0.39 is 0 Å². The molecule has 0 saturated carbocycles. The van der Waals surface area contributed by atoms with Crippen LogP contribution in [0.25, 0.3) is 0 Å². The molecular weight excluding hydrogens is 225 g/mol. The summed E-state index contributed by atoms with van der Waals surface area (Å²) in [7, 11) is 0. The Morgan fingerprint density at radius 2 is 2.44 bits per heavy atom. The van der Waals surface area contributed by atoms with Gasteiger partial charge in [0.1, 0.15) is 5.82 Å². The molecule has 1 aliphatic rings. The quantitative estimate of drug-likeness (QED) is 0.853. The summed E-state index contributed by atoms with van der Waals surface area (Å²) in [6.45, 7) is 2.14. The number of nitrogens with one attached hydrogen (secondary N) is 1. The first-order valence-electron chi connectivity index (χ1n) is 5.07. The van der Waals surface area contributed by atoms with Gasteiger partial charge < -0.3 is 5.32 Å². The van der Waals surface area contributed by atoms with Gasteiger partial charge in [0.25, 0.3) is 0 Å². The standard InChI is InChI=1S/C11H14FN3S/c1-16-11-13-7-15(8-14-11)6-9-3-2-4-10(12)5-9/h2-5H,6-8H2,1H3,(H,13,14). The van der Waals surface area contributed by atoms with Crippen LogP contribution in [0.4, 0.5) is 4.39 Å². The van der Waals surface area contributed by atoms with Gasteiger partial charge in [-0.05, 0) is 24.0 Å². The van der Waals surface area contributed by atoms with Gasteiger partial charge in [-0.15, -0.1) is 0 Å². The summed E-state index contributed by atoms with van der Waals surface area (Å²) < 4.78 is 13.0. The van der Waals surface area contributed by atoms with Crippen molar-refractivity contribution in [2.45, 2.75) is 6.54 Å². The first-order valence-corrected chi connectivity index (χ1v) is 6.29. The first kappa shape index (κ1) is 11.4. The molecule has 0 saturated heterocycles. The Labute approximate surface area is 98.7 Å². The van der Waals surface area contributed by atoms with Crippen molar-refractivity contribution in [3.8, 4) is 0 Å². The number of aliphatic imine (C=N–C) groups is 1. The average molecular weight is 239 g/mol. The van der Waals surface area contributed by atoms with Crippen molar-refractivity contribution in [1.29, 1.82) is 0 Å². The highest BCUT2D eigenvalue weighted by molar-refractivity contribution is 8.13. The van der Waals surface area contributed by atoms with Crippen LogP contribution in [0.1, 0.15) is 5.56 Å². The molecule has 1 N–H and O–H groups in total. The third kappa shape index (κ3) is 2.96. The number of halogens is 1. The summed E-state index contributed by atoms with van der Waals surface area (Å²) in [5, 5.41) is 4.17. The van der Waals surface area contributed by atoms with Gasteiger partial charge >= 0.3 is 0 Å². The second-order valence-corrected chi connectivity index (χ2v) is 4.40. The molecule has 86 valence electrons. The number of amidine groups is 1. The zero-order valence-electron chi connectivity index (χ0n) is 9.11. The van der Waals surface area contributed by atoms with E-state index in [4.69, 9.17) is 0 Å². The monoisotopic (exact) mass is 239 g/mol. The van der Waals surface area contributed by atoms with Crippen molar-refractivity contribution in [1.82, 2.24) is 10.2 Å². The molecule has 1 aromatic rings. The predicted octanol–water partition coefficient (Wildman–Crippen LogP) is 1.86. The lowest BCUT2D eigenvalue weighted by Gasteiger charge is -2.26. The maximum absolute atomic E-state index is 13.0. The minimum atomic E-state index is -0.184. The van der Waals surface area contributed by atoms with Crippen molar-refractivity contribution in [3.05, 3.63) is 35.6 Å². The fourth-order valence-electron chi connectivity index (χ4n) is 1.59. The smallest absolute Gasteiger partial charge is 0.158 e. The topological polar surface area (TPSA) is 27.6 Å². The number of hydrogen-bond donors (Lipinski definition) is 1. The van der Waals surface area contributed by atoms with Crippen LogP contribution in [-0.2, 0) is 6.54 Å². The molecule has 0 bridgehead atoms. The van der Waals surface area contributed by atoms with Crippen molar-refractivity contribution in [3.63, 3.8) is 0 Å². The molecule has 0 fully saturated rings. The molecule has 0 radical (unpaired) electrons. The van der Waals surface area contributed by atoms with Crippen LogP contribution >= 0.6 is 11.8 Å². The van der Waals surface area contributed by atoms with Crippen LogP contribution < -0.4 is 5.32 Å². The number of nitrogens with zero attached hydrogens (tertiary/aromatic N) is 2. The number of rotatable bonds is 2. The van der Waals surface area contributed by atoms with E-state index in [2.05, 4.69) is 15.2 Å². The van der Waals surface area contributed by atoms with Gasteiger partial charge in [-0.25, -0.2) is 9.38 Å². The Hall–Kier alpha value is -1.07. The molecular formula is C11H14FN3S. The zero-order chi connectivity index (χ0) is 11.4. The fourth-order valence-corrected chi connectivity index (χ4v) is 1.98. The van der Waals surface area contributed by atoms with Crippen LogP contribution in [0.5, 0.6) is 0 Å². The van der Waals surface area contributed by atoms with Gasteiger partial charge in [0.2, 0.25) is 0 Å². The van der Waals surface area contributed by atoms with E-state index in [1.54, 1.807) is 23.9 Å². The van der Waals surface area contributed by atoms with E-state index in [9.17, 15) is 4.39 Å². The highest BCUT2D eigenvalue weighted by Gasteiger charge is 2.11. The van der Waals surface area contributed by atoms with Gasteiger partial charge in [-0.2, -0.15) is 0 Å². The van der Waals surface area contributed by atoms with Gasteiger partial charge in [0.15, 0.2) is 5.17 Å². The van der Waals surface area contributed by atoms with Gasteiger partial charge in [0, 0.05) is 6.54 Å². The lowest BCUT2D eigenvalue weighted by atomic mass is 10.2. The molecule has 0 aliphatic carbocycles. The van der Waals surface area contributed by atoms with Crippen molar-refractivity contribution in [2.75, 3.05) is 19.6 Å². The lowest BCUT2D eigenvalue weighted by Crippen LogP contribution is -2.41. The normalized spacial score (nSPS) is 16.8. The molecule has 0 unspecified atom stereocenters. The van der Waals surface area contributed by atoms with Crippen molar-refractivity contribution < 1.29 is 4.39 Å². The Kier molecular flexibility index (Phi) is 3.79. The molecule has 0 spiro atoms. The van der Waals surface area contributed by atoms with Crippen LogP contribution in [0.2, 0.25) is 0 Å². The van der Waals surface area contributed by atoms with Crippen molar-refractivity contribution >= 4 is 16.9 Å². The molecule has 3 nitrogen and oxygen atoms in total. The van der Waals surface area contributed by atoms with Crippen LogP contribution in [-0.4, -0.2) is 29.7 Å². The summed E-state index contributed by atoms with van der Waals surface area (Å²) in [4.78, 5) is 6.47. The highest BCUT2D eigenvalue weighted by Crippen LogP contribution is 2.09. The van der Waals surface area contributed by atoms with Crippen LogP contribution in [0, 0.1) is 5.82 Å². The Morgan fingerprint density at radius 1 is 1.56 bits per heavy atom. The van der Waals surface area contributed by atoms with Gasteiger partial charge in [-0.3, -0.25) is 4.90 Å². The second-order valence-electron chi connectivity index (χ2n) is 3.60. The van der Waals surface area contributed by atoms with E-state index >= 15 is 0 Å². The van der Waals surface area contributed by atoms with Gasteiger partial charge in [-0.1, -0.05) is 23.9 Å². The summed E-state index contributed by atoms with van der Waals surface area (Å²) in [6.07, 6.45) is 1.99.